The molecule has 1 heterocycles. The maximum absolute atomic E-state index is 4.29. The van der Waals surface area contributed by atoms with Crippen molar-refractivity contribution in [2.75, 3.05) is 7.05 Å². The lowest BCUT2D eigenvalue weighted by Gasteiger charge is -2.19. The fourth-order valence-electron chi connectivity index (χ4n) is 2.30. The van der Waals surface area contributed by atoms with Gasteiger partial charge in [0.15, 0.2) is 0 Å². The molecule has 1 N–H and O–H groups in total. The highest BCUT2D eigenvalue weighted by Crippen LogP contribution is 2.32. The van der Waals surface area contributed by atoms with Crippen molar-refractivity contribution < 1.29 is 0 Å². The Morgan fingerprint density at radius 3 is 2.58 bits per heavy atom. The van der Waals surface area contributed by atoms with Gasteiger partial charge in [0.25, 0.3) is 0 Å². The molecule has 4 heteroatoms. The summed E-state index contributed by atoms with van der Waals surface area (Å²) < 4.78 is 4.14. The van der Waals surface area contributed by atoms with Crippen LogP contribution >= 0.6 is 11.5 Å². The SMILES string of the molecule is CNC(c1cc(C)ccc1C)c1snnc1C(C)C. The summed E-state index contributed by atoms with van der Waals surface area (Å²) >= 11 is 1.50. The van der Waals surface area contributed by atoms with Crippen molar-refractivity contribution in [2.24, 2.45) is 0 Å². The van der Waals surface area contributed by atoms with Crippen LogP contribution in [0.5, 0.6) is 0 Å². The summed E-state index contributed by atoms with van der Waals surface area (Å²) in [6.45, 7) is 8.61. The van der Waals surface area contributed by atoms with E-state index < -0.39 is 0 Å². The molecule has 0 saturated heterocycles. The third-order valence-electron chi connectivity index (χ3n) is 3.38. The van der Waals surface area contributed by atoms with Crippen molar-refractivity contribution in [3.8, 4) is 0 Å². The van der Waals surface area contributed by atoms with Crippen LogP contribution in [0.15, 0.2) is 18.2 Å². The normalized spacial score (nSPS) is 12.9. The number of aryl methyl sites for hydroxylation is 2. The van der Waals surface area contributed by atoms with Gasteiger partial charge < -0.3 is 5.32 Å². The molecule has 2 aromatic rings. The zero-order valence-electron chi connectivity index (χ0n) is 12.2. The van der Waals surface area contributed by atoms with E-state index in [0.29, 0.717) is 5.92 Å². The van der Waals surface area contributed by atoms with Crippen molar-refractivity contribution in [1.82, 2.24) is 14.9 Å². The molecule has 2 rings (SSSR count). The maximum Gasteiger partial charge on any atom is 0.0832 e. The van der Waals surface area contributed by atoms with Gasteiger partial charge >= 0.3 is 0 Å². The molecule has 0 aliphatic rings. The van der Waals surface area contributed by atoms with Gasteiger partial charge in [-0.05, 0) is 49.5 Å². The molecular formula is C15H21N3S. The lowest BCUT2D eigenvalue weighted by molar-refractivity contribution is 0.675. The van der Waals surface area contributed by atoms with Crippen LogP contribution < -0.4 is 5.32 Å². The molecule has 0 fully saturated rings. The standard InChI is InChI=1S/C15H21N3S/c1-9(2)13-15(19-18-17-13)14(16-5)12-8-10(3)6-7-11(12)4/h6-9,14,16H,1-5H3. The quantitative estimate of drug-likeness (QED) is 0.926. The number of rotatable bonds is 4. The van der Waals surface area contributed by atoms with Crippen molar-refractivity contribution in [2.45, 2.75) is 39.7 Å². The Morgan fingerprint density at radius 1 is 1.21 bits per heavy atom. The summed E-state index contributed by atoms with van der Waals surface area (Å²) in [6, 6.07) is 6.76. The summed E-state index contributed by atoms with van der Waals surface area (Å²) in [5, 5.41) is 7.71. The molecule has 0 spiro atoms. The molecule has 0 amide bonds. The van der Waals surface area contributed by atoms with Crippen LogP contribution in [0.25, 0.3) is 0 Å². The van der Waals surface area contributed by atoms with E-state index in [0.717, 1.165) is 5.69 Å². The molecule has 1 aromatic carbocycles. The van der Waals surface area contributed by atoms with Gasteiger partial charge in [-0.2, -0.15) is 0 Å². The van der Waals surface area contributed by atoms with Crippen molar-refractivity contribution in [1.29, 1.82) is 0 Å². The number of hydrogen-bond acceptors (Lipinski definition) is 4. The summed E-state index contributed by atoms with van der Waals surface area (Å²) in [7, 11) is 2.00. The molecule has 0 aliphatic heterocycles. The van der Waals surface area contributed by atoms with E-state index in [4.69, 9.17) is 0 Å². The topological polar surface area (TPSA) is 37.8 Å². The van der Waals surface area contributed by atoms with Crippen LogP contribution in [0.2, 0.25) is 0 Å². The van der Waals surface area contributed by atoms with Crippen LogP contribution in [-0.2, 0) is 0 Å². The second-order valence-electron chi connectivity index (χ2n) is 5.26. The molecule has 0 saturated carbocycles. The Hall–Kier alpha value is -1.26. The predicted octanol–water partition coefficient (Wildman–Crippen LogP) is 3.59. The summed E-state index contributed by atoms with van der Waals surface area (Å²) in [4.78, 5) is 1.23. The van der Waals surface area contributed by atoms with Crippen molar-refractivity contribution in [3.05, 3.63) is 45.5 Å². The Balaban J connectivity index is 2.50. The number of hydrogen-bond donors (Lipinski definition) is 1. The number of aromatic nitrogens is 2. The highest BCUT2D eigenvalue weighted by atomic mass is 32.1. The molecule has 1 aromatic heterocycles. The first-order chi connectivity index (χ1) is 9.04. The van der Waals surface area contributed by atoms with Gasteiger partial charge in [-0.15, -0.1) is 5.10 Å². The van der Waals surface area contributed by atoms with Gasteiger partial charge in [-0.1, -0.05) is 42.1 Å². The van der Waals surface area contributed by atoms with E-state index in [2.05, 4.69) is 60.8 Å². The minimum atomic E-state index is 0.178. The first-order valence-electron chi connectivity index (χ1n) is 6.61. The molecular weight excluding hydrogens is 254 g/mol. The van der Waals surface area contributed by atoms with E-state index in [-0.39, 0.29) is 6.04 Å². The molecule has 102 valence electrons. The van der Waals surface area contributed by atoms with Crippen molar-refractivity contribution >= 4 is 11.5 Å². The fraction of sp³-hybridized carbons (Fsp3) is 0.467. The van der Waals surface area contributed by atoms with E-state index >= 15 is 0 Å². The Bertz CT molecular complexity index is 560. The van der Waals surface area contributed by atoms with Crippen LogP contribution in [0.4, 0.5) is 0 Å². The largest absolute Gasteiger partial charge is 0.309 e. The van der Waals surface area contributed by atoms with Gasteiger partial charge in [0, 0.05) is 0 Å². The molecule has 0 bridgehead atoms. The smallest absolute Gasteiger partial charge is 0.0832 e. The first kappa shape index (κ1) is 14.2. The number of nitrogens with zero attached hydrogens (tertiary/aromatic N) is 2. The van der Waals surface area contributed by atoms with Crippen LogP contribution in [-0.4, -0.2) is 16.6 Å². The summed E-state index contributed by atoms with van der Waals surface area (Å²) in [5.41, 5.74) is 5.00. The highest BCUT2D eigenvalue weighted by molar-refractivity contribution is 7.05. The van der Waals surface area contributed by atoms with Gasteiger partial charge in [0.1, 0.15) is 0 Å². The Labute approximate surface area is 119 Å². The van der Waals surface area contributed by atoms with E-state index in [1.54, 1.807) is 0 Å². The number of nitrogens with one attached hydrogen (secondary N) is 1. The fourth-order valence-corrected chi connectivity index (χ4v) is 3.24. The van der Waals surface area contributed by atoms with E-state index in [9.17, 15) is 0 Å². The monoisotopic (exact) mass is 275 g/mol. The highest BCUT2D eigenvalue weighted by Gasteiger charge is 2.22. The van der Waals surface area contributed by atoms with Crippen LogP contribution in [0.3, 0.4) is 0 Å². The molecule has 0 aliphatic carbocycles. The average molecular weight is 275 g/mol. The lowest BCUT2D eigenvalue weighted by atomic mass is 9.95. The molecule has 19 heavy (non-hydrogen) atoms. The molecule has 1 unspecified atom stereocenters. The number of benzene rings is 1. The third-order valence-corrected chi connectivity index (χ3v) is 4.19. The Kier molecular flexibility index (Phi) is 4.32. The third kappa shape index (κ3) is 2.85. The van der Waals surface area contributed by atoms with Gasteiger partial charge in [0.05, 0.1) is 16.6 Å². The summed E-state index contributed by atoms with van der Waals surface area (Å²) in [6.07, 6.45) is 0. The second-order valence-corrected chi connectivity index (χ2v) is 6.04. The van der Waals surface area contributed by atoms with E-state index in [1.807, 2.05) is 7.05 Å². The Morgan fingerprint density at radius 2 is 1.95 bits per heavy atom. The minimum Gasteiger partial charge on any atom is -0.309 e. The lowest BCUT2D eigenvalue weighted by Crippen LogP contribution is -2.19. The van der Waals surface area contributed by atoms with Crippen molar-refractivity contribution in [3.63, 3.8) is 0 Å². The van der Waals surface area contributed by atoms with Gasteiger partial charge in [-0.25, -0.2) is 0 Å². The van der Waals surface area contributed by atoms with Gasteiger partial charge in [0.2, 0.25) is 0 Å². The zero-order valence-corrected chi connectivity index (χ0v) is 13.0. The molecule has 1 atom stereocenters. The summed E-state index contributed by atoms with van der Waals surface area (Å²) in [5.74, 6) is 0.398. The second kappa shape index (κ2) is 5.80. The van der Waals surface area contributed by atoms with Crippen LogP contribution in [0, 0.1) is 13.8 Å². The average Bonchev–Trinajstić information content (AvgIpc) is 2.84. The maximum atomic E-state index is 4.29. The van der Waals surface area contributed by atoms with Gasteiger partial charge in [-0.3, -0.25) is 0 Å². The van der Waals surface area contributed by atoms with Crippen LogP contribution in [0.1, 0.15) is 53.1 Å². The minimum absolute atomic E-state index is 0.178. The zero-order chi connectivity index (χ0) is 14.0. The first-order valence-corrected chi connectivity index (χ1v) is 7.38. The van der Waals surface area contributed by atoms with E-state index in [1.165, 1.54) is 33.1 Å². The molecule has 0 radical (unpaired) electrons. The molecule has 3 nitrogen and oxygen atoms in total. The predicted molar refractivity (Wildman–Crippen MR) is 80.8 cm³/mol.